The minimum atomic E-state index is 0.0403. The average molecular weight is 284 g/mol. The van der Waals surface area contributed by atoms with Crippen LogP contribution in [0.15, 0.2) is 0 Å². The summed E-state index contributed by atoms with van der Waals surface area (Å²) in [5, 5.41) is 0. The standard InChI is InChI=1S/C18H36O2/c1-4-7-9-11-13-15-17(6-3)18(19)20-16-14-12-10-8-5-2/h17H,4-16H2,1-3H3. The van der Waals surface area contributed by atoms with Gasteiger partial charge in [-0.2, -0.15) is 0 Å². The Bertz CT molecular complexity index is 213. The van der Waals surface area contributed by atoms with E-state index in [0.29, 0.717) is 6.61 Å². The summed E-state index contributed by atoms with van der Waals surface area (Å²) in [4.78, 5) is 12.0. The zero-order valence-electron chi connectivity index (χ0n) is 14.1. The fraction of sp³-hybridized carbons (Fsp3) is 0.944. The molecule has 0 bridgehead atoms. The van der Waals surface area contributed by atoms with E-state index in [1.165, 1.54) is 57.8 Å². The van der Waals surface area contributed by atoms with Crippen LogP contribution < -0.4 is 0 Å². The van der Waals surface area contributed by atoms with Crippen LogP contribution in [0.4, 0.5) is 0 Å². The van der Waals surface area contributed by atoms with E-state index in [4.69, 9.17) is 4.74 Å². The molecule has 0 fully saturated rings. The summed E-state index contributed by atoms with van der Waals surface area (Å²) >= 11 is 0. The number of hydrogen-bond acceptors (Lipinski definition) is 2. The normalized spacial score (nSPS) is 12.3. The van der Waals surface area contributed by atoms with Crippen molar-refractivity contribution in [3.8, 4) is 0 Å². The first-order chi connectivity index (χ1) is 9.76. The van der Waals surface area contributed by atoms with Gasteiger partial charge < -0.3 is 4.74 Å². The van der Waals surface area contributed by atoms with Gasteiger partial charge in [0.2, 0.25) is 0 Å². The van der Waals surface area contributed by atoms with E-state index in [9.17, 15) is 4.79 Å². The number of unbranched alkanes of at least 4 members (excludes halogenated alkanes) is 8. The van der Waals surface area contributed by atoms with Crippen molar-refractivity contribution in [1.82, 2.24) is 0 Å². The van der Waals surface area contributed by atoms with Crippen molar-refractivity contribution in [2.45, 2.75) is 97.8 Å². The smallest absolute Gasteiger partial charge is 0.308 e. The molecule has 1 unspecified atom stereocenters. The monoisotopic (exact) mass is 284 g/mol. The number of rotatable bonds is 14. The summed E-state index contributed by atoms with van der Waals surface area (Å²) in [6.45, 7) is 7.16. The number of esters is 1. The van der Waals surface area contributed by atoms with Crippen molar-refractivity contribution in [3.05, 3.63) is 0 Å². The van der Waals surface area contributed by atoms with Gasteiger partial charge in [0.25, 0.3) is 0 Å². The molecule has 0 spiro atoms. The fourth-order valence-electron chi connectivity index (χ4n) is 2.48. The van der Waals surface area contributed by atoms with Gasteiger partial charge in [0.1, 0.15) is 0 Å². The maximum atomic E-state index is 12.0. The highest BCUT2D eigenvalue weighted by atomic mass is 16.5. The number of carbonyl (C=O) groups is 1. The lowest BCUT2D eigenvalue weighted by atomic mass is 9.98. The van der Waals surface area contributed by atoms with E-state index in [2.05, 4.69) is 20.8 Å². The van der Waals surface area contributed by atoms with Crippen LogP contribution in [0.25, 0.3) is 0 Å². The maximum absolute atomic E-state index is 12.0. The molecule has 0 aromatic heterocycles. The Morgan fingerprint density at radius 1 is 0.800 bits per heavy atom. The Hall–Kier alpha value is -0.530. The highest BCUT2D eigenvalue weighted by Gasteiger charge is 2.17. The van der Waals surface area contributed by atoms with Crippen LogP contribution >= 0.6 is 0 Å². The van der Waals surface area contributed by atoms with Gasteiger partial charge in [-0.15, -0.1) is 0 Å². The molecule has 0 saturated heterocycles. The van der Waals surface area contributed by atoms with Crippen molar-refractivity contribution in [2.75, 3.05) is 6.61 Å². The molecule has 0 aromatic rings. The van der Waals surface area contributed by atoms with E-state index < -0.39 is 0 Å². The molecule has 20 heavy (non-hydrogen) atoms. The van der Waals surface area contributed by atoms with Crippen LogP contribution in [0.3, 0.4) is 0 Å². The Kier molecular flexibility index (Phi) is 14.5. The van der Waals surface area contributed by atoms with Crippen molar-refractivity contribution in [2.24, 2.45) is 5.92 Å². The predicted molar refractivity (Wildman–Crippen MR) is 86.9 cm³/mol. The zero-order chi connectivity index (χ0) is 15.1. The number of ether oxygens (including phenoxy) is 1. The summed E-state index contributed by atoms with van der Waals surface area (Å²) in [6.07, 6.45) is 14.3. The fourth-order valence-corrected chi connectivity index (χ4v) is 2.48. The van der Waals surface area contributed by atoms with Gasteiger partial charge in [-0.05, 0) is 19.3 Å². The molecular formula is C18H36O2. The van der Waals surface area contributed by atoms with Crippen LogP contribution in [0, 0.1) is 5.92 Å². The molecule has 1 atom stereocenters. The summed E-state index contributed by atoms with van der Waals surface area (Å²) < 4.78 is 5.41. The quantitative estimate of drug-likeness (QED) is 0.294. The highest BCUT2D eigenvalue weighted by molar-refractivity contribution is 5.72. The Morgan fingerprint density at radius 3 is 1.90 bits per heavy atom. The first-order valence-electron chi connectivity index (χ1n) is 8.92. The van der Waals surface area contributed by atoms with Crippen LogP contribution in [0.5, 0.6) is 0 Å². The van der Waals surface area contributed by atoms with E-state index in [1.54, 1.807) is 0 Å². The van der Waals surface area contributed by atoms with Crippen LogP contribution in [-0.2, 0) is 9.53 Å². The topological polar surface area (TPSA) is 26.3 Å². The van der Waals surface area contributed by atoms with E-state index in [1.807, 2.05) is 0 Å². The van der Waals surface area contributed by atoms with E-state index >= 15 is 0 Å². The third kappa shape index (κ3) is 11.3. The molecule has 0 aromatic carbocycles. The minimum absolute atomic E-state index is 0.0403. The zero-order valence-corrected chi connectivity index (χ0v) is 14.1. The molecule has 120 valence electrons. The Morgan fingerprint density at radius 2 is 1.35 bits per heavy atom. The lowest BCUT2D eigenvalue weighted by Gasteiger charge is -2.14. The molecular weight excluding hydrogens is 248 g/mol. The average Bonchev–Trinajstić information content (AvgIpc) is 2.46. The minimum Gasteiger partial charge on any atom is -0.465 e. The molecule has 0 aliphatic heterocycles. The molecule has 2 nitrogen and oxygen atoms in total. The lowest BCUT2D eigenvalue weighted by molar-refractivity contribution is -0.149. The lowest BCUT2D eigenvalue weighted by Crippen LogP contribution is -2.17. The van der Waals surface area contributed by atoms with E-state index in [0.717, 1.165) is 19.3 Å². The van der Waals surface area contributed by atoms with Crippen LogP contribution in [0.2, 0.25) is 0 Å². The van der Waals surface area contributed by atoms with Gasteiger partial charge in [-0.25, -0.2) is 0 Å². The second kappa shape index (κ2) is 14.9. The third-order valence-corrected chi connectivity index (χ3v) is 3.97. The van der Waals surface area contributed by atoms with Gasteiger partial charge in [-0.3, -0.25) is 4.79 Å². The molecule has 2 heteroatoms. The SMILES string of the molecule is CCCCCCCOC(=O)C(CC)CCCCCCC. The second-order valence-corrected chi connectivity index (χ2v) is 5.89. The van der Waals surface area contributed by atoms with Gasteiger partial charge in [-0.1, -0.05) is 78.6 Å². The molecule has 0 radical (unpaired) electrons. The summed E-state index contributed by atoms with van der Waals surface area (Å²) in [6, 6.07) is 0. The van der Waals surface area contributed by atoms with Gasteiger partial charge in [0.05, 0.1) is 12.5 Å². The van der Waals surface area contributed by atoms with E-state index in [-0.39, 0.29) is 11.9 Å². The second-order valence-electron chi connectivity index (χ2n) is 5.89. The summed E-state index contributed by atoms with van der Waals surface area (Å²) in [5.74, 6) is 0.172. The number of carbonyl (C=O) groups excluding carboxylic acids is 1. The van der Waals surface area contributed by atoms with Gasteiger partial charge >= 0.3 is 5.97 Å². The molecule has 0 heterocycles. The largest absolute Gasteiger partial charge is 0.465 e. The molecule has 0 saturated carbocycles. The van der Waals surface area contributed by atoms with Crippen LogP contribution in [0.1, 0.15) is 97.8 Å². The van der Waals surface area contributed by atoms with Crippen molar-refractivity contribution in [3.63, 3.8) is 0 Å². The Balaban J connectivity index is 3.58. The summed E-state index contributed by atoms with van der Waals surface area (Å²) in [7, 11) is 0. The highest BCUT2D eigenvalue weighted by Crippen LogP contribution is 2.16. The first kappa shape index (κ1) is 19.5. The number of hydrogen-bond donors (Lipinski definition) is 0. The van der Waals surface area contributed by atoms with Crippen molar-refractivity contribution < 1.29 is 9.53 Å². The van der Waals surface area contributed by atoms with Gasteiger partial charge in [0.15, 0.2) is 0 Å². The Labute approximate surface area is 126 Å². The van der Waals surface area contributed by atoms with Crippen LogP contribution in [-0.4, -0.2) is 12.6 Å². The molecule has 0 N–H and O–H groups in total. The summed E-state index contributed by atoms with van der Waals surface area (Å²) in [5.41, 5.74) is 0. The van der Waals surface area contributed by atoms with Gasteiger partial charge in [0, 0.05) is 0 Å². The third-order valence-electron chi connectivity index (χ3n) is 3.97. The molecule has 0 aliphatic rings. The first-order valence-corrected chi connectivity index (χ1v) is 8.92. The maximum Gasteiger partial charge on any atom is 0.308 e. The van der Waals surface area contributed by atoms with Crippen molar-refractivity contribution >= 4 is 5.97 Å². The molecule has 0 rings (SSSR count). The predicted octanol–water partition coefficient (Wildman–Crippen LogP) is 5.89. The molecule has 0 amide bonds. The van der Waals surface area contributed by atoms with Crippen molar-refractivity contribution in [1.29, 1.82) is 0 Å². The molecule has 0 aliphatic carbocycles.